The minimum atomic E-state index is -0.471. The molecule has 29 heavy (non-hydrogen) atoms. The van der Waals surface area contributed by atoms with Crippen LogP contribution in [0.2, 0.25) is 0 Å². The number of hydrogen-bond donors (Lipinski definition) is 2. The molecule has 3 rings (SSSR count). The number of carbonyl (C=O) groups excluding carboxylic acids is 1. The minimum Gasteiger partial charge on any atom is -0.484 e. The second-order valence-corrected chi connectivity index (χ2v) is 7.58. The van der Waals surface area contributed by atoms with Crippen LogP contribution in [0.25, 0.3) is 0 Å². The van der Waals surface area contributed by atoms with Crippen molar-refractivity contribution in [2.45, 2.75) is 44.2 Å². The van der Waals surface area contributed by atoms with E-state index in [9.17, 15) is 14.9 Å². The van der Waals surface area contributed by atoms with E-state index in [4.69, 9.17) is 4.74 Å². The van der Waals surface area contributed by atoms with Gasteiger partial charge in [0.15, 0.2) is 6.61 Å². The fourth-order valence-corrected chi connectivity index (χ4v) is 3.84. The van der Waals surface area contributed by atoms with Crippen molar-refractivity contribution in [3.8, 4) is 5.75 Å². The average Bonchev–Trinajstić information content (AvgIpc) is 3.20. The molecule has 1 amide bonds. The maximum Gasteiger partial charge on any atom is 0.269 e. The van der Waals surface area contributed by atoms with E-state index in [1.165, 1.54) is 29.8 Å². The molecule has 154 valence electrons. The van der Waals surface area contributed by atoms with Crippen LogP contribution in [-0.2, 0) is 4.79 Å². The van der Waals surface area contributed by atoms with Crippen molar-refractivity contribution in [1.29, 1.82) is 0 Å². The predicted octanol–water partition coefficient (Wildman–Crippen LogP) is 3.75. The zero-order valence-electron chi connectivity index (χ0n) is 16.6. The number of nitro groups is 1. The van der Waals surface area contributed by atoms with Gasteiger partial charge in [-0.3, -0.25) is 14.9 Å². The molecule has 0 saturated heterocycles. The Morgan fingerprint density at radius 3 is 2.41 bits per heavy atom. The van der Waals surface area contributed by atoms with Crippen LogP contribution in [0, 0.1) is 10.1 Å². The summed E-state index contributed by atoms with van der Waals surface area (Å²) in [5, 5.41) is 17.4. The van der Waals surface area contributed by atoms with E-state index in [2.05, 4.69) is 29.7 Å². The first kappa shape index (κ1) is 20.8. The lowest BCUT2D eigenvalue weighted by molar-refractivity contribution is -0.384. The number of benzene rings is 2. The van der Waals surface area contributed by atoms with Crippen molar-refractivity contribution < 1.29 is 14.5 Å². The number of rotatable bonds is 9. The zero-order chi connectivity index (χ0) is 20.7. The molecular formula is C22H27N3O4. The lowest BCUT2D eigenvalue weighted by Crippen LogP contribution is -2.53. The summed E-state index contributed by atoms with van der Waals surface area (Å²) in [5.74, 6) is 0.223. The van der Waals surface area contributed by atoms with Gasteiger partial charge in [0.2, 0.25) is 0 Å². The molecule has 0 radical (unpaired) electrons. The van der Waals surface area contributed by atoms with Crippen molar-refractivity contribution in [2.75, 3.05) is 13.2 Å². The summed E-state index contributed by atoms with van der Waals surface area (Å²) in [4.78, 5) is 22.5. The molecule has 0 bridgehead atoms. The van der Waals surface area contributed by atoms with E-state index < -0.39 is 4.92 Å². The molecular weight excluding hydrogens is 370 g/mol. The topological polar surface area (TPSA) is 93.5 Å². The van der Waals surface area contributed by atoms with Crippen LogP contribution in [-0.4, -0.2) is 29.5 Å². The summed E-state index contributed by atoms with van der Waals surface area (Å²) >= 11 is 0. The van der Waals surface area contributed by atoms with Crippen molar-refractivity contribution in [3.63, 3.8) is 0 Å². The molecule has 2 N–H and O–H groups in total. The van der Waals surface area contributed by atoms with E-state index in [0.717, 1.165) is 25.7 Å². The van der Waals surface area contributed by atoms with Crippen molar-refractivity contribution in [2.24, 2.45) is 0 Å². The number of carbonyl (C=O) groups is 1. The molecule has 0 aromatic heterocycles. The number of nitrogens with one attached hydrogen (secondary N) is 2. The van der Waals surface area contributed by atoms with Crippen LogP contribution < -0.4 is 15.4 Å². The Bertz CT molecular complexity index is 818. The Labute approximate surface area is 170 Å². The predicted molar refractivity (Wildman–Crippen MR) is 111 cm³/mol. The molecule has 1 fully saturated rings. The molecule has 2 aromatic rings. The van der Waals surface area contributed by atoms with Crippen molar-refractivity contribution in [3.05, 3.63) is 70.3 Å². The first-order valence-electron chi connectivity index (χ1n) is 9.94. The second-order valence-electron chi connectivity index (χ2n) is 7.58. The molecule has 1 aliphatic carbocycles. The highest BCUT2D eigenvalue weighted by molar-refractivity contribution is 5.77. The van der Waals surface area contributed by atoms with E-state index in [1.807, 2.05) is 18.2 Å². The van der Waals surface area contributed by atoms with Gasteiger partial charge in [0.25, 0.3) is 11.6 Å². The van der Waals surface area contributed by atoms with Gasteiger partial charge in [-0.1, -0.05) is 43.2 Å². The van der Waals surface area contributed by atoms with Crippen LogP contribution in [0.4, 0.5) is 5.69 Å². The lowest BCUT2D eigenvalue weighted by atomic mass is 9.94. The Morgan fingerprint density at radius 1 is 1.14 bits per heavy atom. The van der Waals surface area contributed by atoms with Crippen molar-refractivity contribution in [1.82, 2.24) is 10.6 Å². The summed E-state index contributed by atoms with van der Waals surface area (Å²) < 4.78 is 5.45. The van der Waals surface area contributed by atoms with Crippen LogP contribution in [0.5, 0.6) is 5.75 Å². The standard InChI is InChI=1S/C22H27N3O4/c1-17(18-7-3-2-4-8-18)24-22(13-5-6-14-22)16-23-21(26)15-29-20-11-9-19(10-12-20)25(27)28/h2-4,7-12,17,24H,5-6,13-16H2,1H3,(H,23,26). The van der Waals surface area contributed by atoms with Gasteiger partial charge < -0.3 is 15.4 Å². The normalized spacial score (nSPS) is 16.2. The largest absolute Gasteiger partial charge is 0.484 e. The summed E-state index contributed by atoms with van der Waals surface area (Å²) in [6.45, 7) is 2.57. The molecule has 0 heterocycles. The smallest absolute Gasteiger partial charge is 0.269 e. The van der Waals surface area contributed by atoms with E-state index in [1.54, 1.807) is 0 Å². The van der Waals surface area contributed by atoms with E-state index >= 15 is 0 Å². The number of nitrogens with zero attached hydrogens (tertiary/aromatic N) is 1. The Morgan fingerprint density at radius 2 is 1.79 bits per heavy atom. The van der Waals surface area contributed by atoms with Crippen LogP contribution >= 0.6 is 0 Å². The Hall–Kier alpha value is -2.93. The molecule has 1 saturated carbocycles. The van der Waals surface area contributed by atoms with Crippen LogP contribution in [0.15, 0.2) is 54.6 Å². The molecule has 2 aromatic carbocycles. The van der Waals surface area contributed by atoms with Gasteiger partial charge in [-0.2, -0.15) is 0 Å². The first-order chi connectivity index (χ1) is 14.0. The number of non-ortho nitro benzene ring substituents is 1. The molecule has 1 aliphatic rings. The number of nitro benzene ring substituents is 1. The van der Waals surface area contributed by atoms with Crippen LogP contribution in [0.1, 0.15) is 44.2 Å². The Kier molecular flexibility index (Phi) is 6.82. The molecule has 1 unspecified atom stereocenters. The zero-order valence-corrected chi connectivity index (χ0v) is 16.6. The highest BCUT2D eigenvalue weighted by Gasteiger charge is 2.35. The highest BCUT2D eigenvalue weighted by Crippen LogP contribution is 2.31. The first-order valence-corrected chi connectivity index (χ1v) is 9.94. The summed E-state index contributed by atoms with van der Waals surface area (Å²) in [6, 6.07) is 16.2. The maximum absolute atomic E-state index is 12.3. The van der Waals surface area contributed by atoms with Gasteiger partial charge in [-0.05, 0) is 37.5 Å². The third kappa shape index (κ3) is 5.77. The van der Waals surface area contributed by atoms with Gasteiger partial charge in [0, 0.05) is 30.3 Å². The van der Waals surface area contributed by atoms with Gasteiger partial charge in [-0.25, -0.2) is 0 Å². The quantitative estimate of drug-likeness (QED) is 0.496. The average molecular weight is 397 g/mol. The maximum atomic E-state index is 12.3. The summed E-state index contributed by atoms with van der Waals surface area (Å²) in [7, 11) is 0. The van der Waals surface area contributed by atoms with E-state index in [-0.39, 0.29) is 29.8 Å². The summed E-state index contributed by atoms with van der Waals surface area (Å²) in [6.07, 6.45) is 4.33. The lowest BCUT2D eigenvalue weighted by Gasteiger charge is -2.34. The van der Waals surface area contributed by atoms with E-state index in [0.29, 0.717) is 12.3 Å². The van der Waals surface area contributed by atoms with Gasteiger partial charge >= 0.3 is 0 Å². The fourth-order valence-electron chi connectivity index (χ4n) is 3.84. The van der Waals surface area contributed by atoms with Gasteiger partial charge in [0.1, 0.15) is 5.75 Å². The number of amides is 1. The molecule has 7 heteroatoms. The molecule has 1 atom stereocenters. The van der Waals surface area contributed by atoms with Gasteiger partial charge in [0.05, 0.1) is 4.92 Å². The monoisotopic (exact) mass is 397 g/mol. The SMILES string of the molecule is CC(NC1(CNC(=O)COc2ccc([N+](=O)[O-])cc2)CCCC1)c1ccccc1. The fraction of sp³-hybridized carbons (Fsp3) is 0.409. The number of ether oxygens (including phenoxy) is 1. The minimum absolute atomic E-state index is 0.0106. The highest BCUT2D eigenvalue weighted by atomic mass is 16.6. The molecule has 7 nitrogen and oxygen atoms in total. The molecule has 0 spiro atoms. The Balaban J connectivity index is 1.50. The summed E-state index contributed by atoms with van der Waals surface area (Å²) in [5.41, 5.74) is 1.10. The third-order valence-electron chi connectivity index (χ3n) is 5.42. The van der Waals surface area contributed by atoms with Crippen LogP contribution in [0.3, 0.4) is 0 Å². The van der Waals surface area contributed by atoms with Gasteiger partial charge in [-0.15, -0.1) is 0 Å². The second kappa shape index (κ2) is 9.52. The third-order valence-corrected chi connectivity index (χ3v) is 5.42. The number of hydrogen-bond acceptors (Lipinski definition) is 5. The van der Waals surface area contributed by atoms with Crippen molar-refractivity contribution >= 4 is 11.6 Å². The molecule has 0 aliphatic heterocycles.